The number of hydrogen-bond acceptors (Lipinski definition) is 5. The van der Waals surface area contributed by atoms with E-state index in [-0.39, 0.29) is 12.8 Å². The fourth-order valence-electron chi connectivity index (χ4n) is 3.28. The molecular weight excluding hydrogens is 453 g/mol. The summed E-state index contributed by atoms with van der Waals surface area (Å²) in [5.41, 5.74) is 2.50. The number of methoxy groups -OCH3 is 2. The molecule has 0 aliphatic rings. The van der Waals surface area contributed by atoms with Gasteiger partial charge < -0.3 is 14.2 Å². The van der Waals surface area contributed by atoms with Gasteiger partial charge in [0.1, 0.15) is 22.4 Å². The van der Waals surface area contributed by atoms with Gasteiger partial charge in [0.25, 0.3) is 0 Å². The first-order chi connectivity index (χ1) is 15.4. The lowest BCUT2D eigenvalue weighted by molar-refractivity contribution is -0.377. The van der Waals surface area contributed by atoms with Crippen molar-refractivity contribution in [1.82, 2.24) is 0 Å². The zero-order chi connectivity index (χ0) is 23.1. The van der Waals surface area contributed by atoms with Crippen molar-refractivity contribution in [2.24, 2.45) is 0 Å². The second-order valence-corrected chi connectivity index (χ2v) is 7.78. The van der Waals surface area contributed by atoms with Crippen LogP contribution in [0, 0.1) is 0 Å². The van der Waals surface area contributed by atoms with Crippen LogP contribution in [0.15, 0.2) is 54.9 Å². The maximum atomic E-state index is 12.8. The van der Waals surface area contributed by atoms with Gasteiger partial charge in [-0.3, -0.25) is 9.59 Å². The summed E-state index contributed by atoms with van der Waals surface area (Å²) in [5.74, 6) is 0.600. The maximum Gasteiger partial charge on any atom is 0.310 e. The monoisotopic (exact) mass is 474 g/mol. The van der Waals surface area contributed by atoms with E-state index >= 15 is 0 Å². The molecule has 0 saturated heterocycles. The zero-order valence-electron chi connectivity index (χ0n) is 17.6. The molecule has 0 unspecified atom stereocenters. The number of hydrogen-bond donors (Lipinski definition) is 0. The highest BCUT2D eigenvalue weighted by Gasteiger charge is 2.23. The summed E-state index contributed by atoms with van der Waals surface area (Å²) >= 11 is 12.7. The summed E-state index contributed by atoms with van der Waals surface area (Å²) in [6, 6.07) is 12.1. The van der Waals surface area contributed by atoms with Crippen molar-refractivity contribution in [3.63, 3.8) is 0 Å². The molecule has 1 atom stereocenters. The van der Waals surface area contributed by atoms with Crippen LogP contribution < -0.4 is 14.5 Å². The Kier molecular flexibility index (Phi) is 8.09. The van der Waals surface area contributed by atoms with Gasteiger partial charge in [0.2, 0.25) is 0 Å². The van der Waals surface area contributed by atoms with Crippen LogP contribution in [0.1, 0.15) is 33.2 Å². The second kappa shape index (κ2) is 11.0. The first kappa shape index (κ1) is 23.6. The lowest BCUT2D eigenvalue weighted by Crippen LogP contribution is -2.17. The fourth-order valence-corrected chi connectivity index (χ4v) is 3.81. The number of rotatable bonds is 9. The molecule has 32 heavy (non-hydrogen) atoms. The molecule has 1 N–H and O–H groups in total. The van der Waals surface area contributed by atoms with Crippen LogP contribution in [0.5, 0.6) is 11.5 Å². The van der Waals surface area contributed by atoms with E-state index in [2.05, 4.69) is 4.98 Å². The predicted octanol–water partition coefficient (Wildman–Crippen LogP) is 4.71. The molecule has 0 amide bonds. The minimum atomic E-state index is -0.686. The van der Waals surface area contributed by atoms with Gasteiger partial charge in [0.05, 0.1) is 20.6 Å². The molecule has 1 aromatic heterocycles. The zero-order valence-corrected chi connectivity index (χ0v) is 19.1. The number of benzene rings is 2. The average Bonchev–Trinajstić information content (AvgIpc) is 2.80. The standard InChI is InChI=1S/C24H21Cl2NO5/c1-30-21-7-6-17(10-23(21)31-2)22(11-18-19(25)12-27-13-20(18)26)32-24(29)9-15-4-3-5-16(8-15)14-28/h3-8,10,12-14,22H,9,11H2,1-2H3/p+1/t22-/m0/s1. The third kappa shape index (κ3) is 5.78. The molecule has 0 bridgehead atoms. The number of carbonyl (C=O) groups excluding carboxylic acids is 2. The summed E-state index contributed by atoms with van der Waals surface area (Å²) in [4.78, 5) is 26.7. The minimum Gasteiger partial charge on any atom is -0.493 e. The summed E-state index contributed by atoms with van der Waals surface area (Å²) in [6.07, 6.45) is 3.53. The number of nitrogens with one attached hydrogen (secondary N) is 1. The largest absolute Gasteiger partial charge is 0.493 e. The molecule has 3 aromatic rings. The Hall–Kier alpha value is -3.09. The van der Waals surface area contributed by atoms with Crippen molar-refractivity contribution in [2.45, 2.75) is 18.9 Å². The van der Waals surface area contributed by atoms with E-state index in [1.54, 1.807) is 62.0 Å². The summed E-state index contributed by atoms with van der Waals surface area (Å²) in [5, 5.41) is 0.857. The highest BCUT2D eigenvalue weighted by Crippen LogP contribution is 2.35. The van der Waals surface area contributed by atoms with E-state index in [1.165, 1.54) is 7.11 Å². The maximum absolute atomic E-state index is 12.8. The van der Waals surface area contributed by atoms with Crippen LogP contribution in [-0.4, -0.2) is 26.5 Å². The number of ether oxygens (including phenoxy) is 3. The molecule has 1 heterocycles. The molecule has 166 valence electrons. The first-order valence-corrected chi connectivity index (χ1v) is 10.5. The lowest BCUT2D eigenvalue weighted by Gasteiger charge is -2.20. The molecule has 0 aliphatic heterocycles. The Labute approximate surface area is 196 Å². The Morgan fingerprint density at radius 2 is 1.75 bits per heavy atom. The van der Waals surface area contributed by atoms with Crippen molar-refractivity contribution >= 4 is 35.5 Å². The number of esters is 1. The number of halogens is 2. The highest BCUT2D eigenvalue weighted by molar-refractivity contribution is 6.35. The second-order valence-electron chi connectivity index (χ2n) is 6.97. The molecule has 0 aliphatic carbocycles. The van der Waals surface area contributed by atoms with Crippen molar-refractivity contribution in [2.75, 3.05) is 14.2 Å². The van der Waals surface area contributed by atoms with E-state index in [0.717, 1.165) is 6.29 Å². The third-order valence-corrected chi connectivity index (χ3v) is 5.55. The van der Waals surface area contributed by atoms with Crippen LogP contribution in [-0.2, 0) is 22.4 Å². The van der Waals surface area contributed by atoms with Crippen molar-refractivity contribution in [3.8, 4) is 11.5 Å². The van der Waals surface area contributed by atoms with Crippen molar-refractivity contribution < 1.29 is 28.8 Å². The van der Waals surface area contributed by atoms with Gasteiger partial charge in [-0.1, -0.05) is 47.5 Å². The topological polar surface area (TPSA) is 76.0 Å². The van der Waals surface area contributed by atoms with Crippen LogP contribution in [0.2, 0.25) is 10.0 Å². The number of carbonyl (C=O) groups is 2. The number of H-pyrrole nitrogens is 1. The predicted molar refractivity (Wildman–Crippen MR) is 121 cm³/mol. The summed E-state index contributed by atoms with van der Waals surface area (Å²) in [6.45, 7) is 0. The quantitative estimate of drug-likeness (QED) is 0.331. The van der Waals surface area contributed by atoms with E-state index < -0.39 is 12.1 Å². The molecule has 6 nitrogen and oxygen atoms in total. The van der Waals surface area contributed by atoms with Crippen LogP contribution in [0.3, 0.4) is 0 Å². The van der Waals surface area contributed by atoms with Gasteiger partial charge in [-0.05, 0) is 29.3 Å². The summed E-state index contributed by atoms with van der Waals surface area (Å²) < 4.78 is 16.5. The summed E-state index contributed by atoms with van der Waals surface area (Å²) in [7, 11) is 3.08. The van der Waals surface area contributed by atoms with E-state index in [0.29, 0.717) is 43.8 Å². The van der Waals surface area contributed by atoms with Crippen molar-refractivity contribution in [3.05, 3.63) is 87.2 Å². The Bertz CT molecular complexity index is 1100. The fraction of sp³-hybridized carbons (Fsp3) is 0.208. The highest BCUT2D eigenvalue weighted by atomic mass is 35.5. The molecule has 0 radical (unpaired) electrons. The molecular formula is C24H22Cl2NO5+. The lowest BCUT2D eigenvalue weighted by atomic mass is 10.0. The Balaban J connectivity index is 1.91. The molecule has 8 heteroatoms. The van der Waals surface area contributed by atoms with Crippen LogP contribution in [0.4, 0.5) is 0 Å². The van der Waals surface area contributed by atoms with Crippen molar-refractivity contribution in [1.29, 1.82) is 0 Å². The molecule has 0 saturated carbocycles. The Morgan fingerprint density at radius 1 is 1.03 bits per heavy atom. The van der Waals surface area contributed by atoms with E-state index in [4.69, 9.17) is 37.4 Å². The van der Waals surface area contributed by atoms with Gasteiger partial charge in [-0.2, -0.15) is 0 Å². The molecule has 2 aromatic carbocycles. The number of aromatic nitrogens is 1. The van der Waals surface area contributed by atoms with Gasteiger partial charge >= 0.3 is 5.97 Å². The number of aldehydes is 1. The molecule has 0 fully saturated rings. The van der Waals surface area contributed by atoms with E-state index in [1.807, 2.05) is 0 Å². The number of aromatic amines is 1. The normalized spacial score (nSPS) is 11.5. The number of pyridine rings is 1. The molecule has 3 rings (SSSR count). The average molecular weight is 475 g/mol. The van der Waals surface area contributed by atoms with Gasteiger partial charge in [0, 0.05) is 17.5 Å². The van der Waals surface area contributed by atoms with Gasteiger partial charge in [-0.25, -0.2) is 4.98 Å². The SMILES string of the molecule is COc1ccc([C@H](Cc2c(Cl)c[nH+]cc2Cl)OC(=O)Cc2cccc(C=O)c2)cc1OC. The van der Waals surface area contributed by atoms with Crippen LogP contribution >= 0.6 is 23.2 Å². The van der Waals surface area contributed by atoms with E-state index in [9.17, 15) is 9.59 Å². The Morgan fingerprint density at radius 3 is 2.41 bits per heavy atom. The smallest absolute Gasteiger partial charge is 0.310 e. The van der Waals surface area contributed by atoms with Gasteiger partial charge in [0.15, 0.2) is 23.9 Å². The van der Waals surface area contributed by atoms with Crippen LogP contribution in [0.25, 0.3) is 0 Å². The van der Waals surface area contributed by atoms with Gasteiger partial charge in [-0.15, -0.1) is 0 Å². The molecule has 0 spiro atoms. The first-order valence-electron chi connectivity index (χ1n) is 9.74. The third-order valence-electron chi connectivity index (χ3n) is 4.87. The minimum absolute atomic E-state index is 0.00943.